The number of nitrogens with one attached hydrogen (secondary N) is 2. The van der Waals surface area contributed by atoms with Crippen LogP contribution in [0.15, 0.2) is 17.3 Å². The second-order valence-electron chi connectivity index (χ2n) is 5.03. The molecule has 1 saturated carbocycles. The molecule has 21 heavy (non-hydrogen) atoms. The minimum Gasteiger partial charge on any atom is -0.355 e. The summed E-state index contributed by atoms with van der Waals surface area (Å²) in [5, 5.41) is 2.93. The lowest BCUT2D eigenvalue weighted by Crippen LogP contribution is -2.36. The Morgan fingerprint density at radius 3 is 2.48 bits per heavy atom. The van der Waals surface area contributed by atoms with Crippen molar-refractivity contribution in [3.8, 4) is 0 Å². The third-order valence-electron chi connectivity index (χ3n) is 3.43. The first-order valence-electron chi connectivity index (χ1n) is 7.36. The van der Waals surface area contributed by atoms with Gasteiger partial charge in [0.05, 0.1) is 12.4 Å². The van der Waals surface area contributed by atoms with Crippen LogP contribution < -0.4 is 10.0 Å². The molecule has 8 heteroatoms. The molecule has 0 aromatic carbocycles. The quantitative estimate of drug-likeness (QED) is 0.697. The third kappa shape index (κ3) is 4.62. The van der Waals surface area contributed by atoms with Crippen LogP contribution in [0.1, 0.15) is 26.7 Å². The molecule has 0 spiro atoms. The second-order valence-corrected chi connectivity index (χ2v) is 6.80. The molecule has 2 rings (SSSR count). The van der Waals surface area contributed by atoms with Gasteiger partial charge in [0.2, 0.25) is 16.0 Å². The summed E-state index contributed by atoms with van der Waals surface area (Å²) in [7, 11) is -3.53. The van der Waals surface area contributed by atoms with Gasteiger partial charge in [0.15, 0.2) is 0 Å². The van der Waals surface area contributed by atoms with E-state index >= 15 is 0 Å². The molecule has 1 fully saturated rings. The van der Waals surface area contributed by atoms with E-state index in [2.05, 4.69) is 31.8 Å². The molecule has 0 aliphatic heterocycles. The van der Waals surface area contributed by atoms with Gasteiger partial charge in [-0.15, -0.1) is 0 Å². The fraction of sp³-hybridized carbons (Fsp3) is 0.692. The Hall–Kier alpha value is -1.25. The van der Waals surface area contributed by atoms with Gasteiger partial charge in [0.25, 0.3) is 0 Å². The lowest BCUT2D eigenvalue weighted by atomic mass is 10.4. The van der Waals surface area contributed by atoms with Crippen LogP contribution in [0, 0.1) is 0 Å². The van der Waals surface area contributed by atoms with Crippen molar-refractivity contribution in [3.05, 3.63) is 12.4 Å². The van der Waals surface area contributed by atoms with E-state index in [-0.39, 0.29) is 4.90 Å². The molecule has 1 aliphatic carbocycles. The molecular formula is C13H23N5O2S. The zero-order valence-electron chi connectivity index (χ0n) is 12.5. The summed E-state index contributed by atoms with van der Waals surface area (Å²) in [6.07, 6.45) is 5.10. The molecule has 1 heterocycles. The van der Waals surface area contributed by atoms with Crippen molar-refractivity contribution in [2.24, 2.45) is 0 Å². The average molecular weight is 313 g/mol. The normalized spacial score (nSPS) is 15.4. The van der Waals surface area contributed by atoms with Crippen molar-refractivity contribution in [3.63, 3.8) is 0 Å². The summed E-state index contributed by atoms with van der Waals surface area (Å²) in [6, 6.07) is 0.641. The zero-order chi connectivity index (χ0) is 15.3. The number of hydrogen-bond acceptors (Lipinski definition) is 6. The highest BCUT2D eigenvalue weighted by Gasteiger charge is 2.27. The van der Waals surface area contributed by atoms with Crippen LogP contribution in [0.3, 0.4) is 0 Å². The van der Waals surface area contributed by atoms with Gasteiger partial charge in [-0.3, -0.25) is 4.90 Å². The Labute approximate surface area is 126 Å². The van der Waals surface area contributed by atoms with Crippen molar-refractivity contribution >= 4 is 16.0 Å². The van der Waals surface area contributed by atoms with E-state index in [0.29, 0.717) is 25.1 Å². The molecular weight excluding hydrogens is 290 g/mol. The Kier molecular flexibility index (Phi) is 5.49. The first-order valence-corrected chi connectivity index (χ1v) is 8.84. The number of sulfonamides is 1. The number of nitrogens with zero attached hydrogens (tertiary/aromatic N) is 3. The molecule has 7 nitrogen and oxygen atoms in total. The molecule has 0 amide bonds. The molecule has 2 N–H and O–H groups in total. The van der Waals surface area contributed by atoms with Gasteiger partial charge in [0.1, 0.15) is 4.90 Å². The van der Waals surface area contributed by atoms with Crippen LogP contribution in [-0.2, 0) is 10.0 Å². The van der Waals surface area contributed by atoms with Crippen LogP contribution in [0.2, 0.25) is 0 Å². The van der Waals surface area contributed by atoms with E-state index in [0.717, 1.165) is 13.1 Å². The van der Waals surface area contributed by atoms with Crippen LogP contribution in [0.25, 0.3) is 0 Å². The summed E-state index contributed by atoms with van der Waals surface area (Å²) in [5.41, 5.74) is 0. The number of likely N-dealkylation sites (N-methyl/N-ethyl adjacent to an activating group) is 1. The number of hydrogen-bond donors (Lipinski definition) is 2. The number of rotatable bonds is 9. The minimum absolute atomic E-state index is 0.0959. The van der Waals surface area contributed by atoms with Crippen LogP contribution in [-0.4, -0.2) is 55.5 Å². The summed E-state index contributed by atoms with van der Waals surface area (Å²) in [6.45, 7) is 6.80. The minimum atomic E-state index is -3.53. The van der Waals surface area contributed by atoms with Gasteiger partial charge in [-0.25, -0.2) is 23.1 Å². The van der Waals surface area contributed by atoms with E-state index in [1.165, 1.54) is 25.2 Å². The molecule has 0 saturated heterocycles. The lowest BCUT2D eigenvalue weighted by Gasteiger charge is -2.19. The van der Waals surface area contributed by atoms with Gasteiger partial charge in [-0.05, 0) is 26.3 Å². The molecule has 0 radical (unpaired) electrons. The first-order chi connectivity index (χ1) is 10.1. The first kappa shape index (κ1) is 16.1. The summed E-state index contributed by atoms with van der Waals surface area (Å²) in [5.74, 6) is 0.433. The van der Waals surface area contributed by atoms with Crippen molar-refractivity contribution in [1.29, 1.82) is 0 Å². The highest BCUT2D eigenvalue weighted by Crippen LogP contribution is 2.25. The molecule has 118 valence electrons. The Balaban J connectivity index is 1.88. The van der Waals surface area contributed by atoms with Crippen LogP contribution in [0.4, 0.5) is 5.95 Å². The Morgan fingerprint density at radius 1 is 1.29 bits per heavy atom. The summed E-state index contributed by atoms with van der Waals surface area (Å²) in [4.78, 5) is 10.4. The highest BCUT2D eigenvalue weighted by atomic mass is 32.2. The standard InChI is InChI=1S/C13H23N5O2S/c1-3-14-13-15-9-12(10-16-13)21(19,20)17-7-8-18(4-2)11-5-6-11/h9-11,17H,3-8H2,1-2H3,(H,14,15,16). The maximum absolute atomic E-state index is 12.1. The monoisotopic (exact) mass is 313 g/mol. The fourth-order valence-corrected chi connectivity index (χ4v) is 3.06. The molecule has 1 aromatic rings. The molecule has 0 bridgehead atoms. The average Bonchev–Trinajstić information content (AvgIpc) is 3.29. The largest absolute Gasteiger partial charge is 0.355 e. The number of anilines is 1. The van der Waals surface area contributed by atoms with Gasteiger partial charge in [0, 0.05) is 25.7 Å². The molecule has 1 aromatic heterocycles. The molecule has 1 aliphatic rings. The predicted octanol–water partition coefficient (Wildman–Crippen LogP) is 0.671. The third-order valence-corrected chi connectivity index (χ3v) is 4.85. The maximum atomic E-state index is 12.1. The summed E-state index contributed by atoms with van der Waals surface area (Å²) < 4.78 is 26.9. The van der Waals surface area contributed by atoms with Gasteiger partial charge in [-0.1, -0.05) is 6.92 Å². The van der Waals surface area contributed by atoms with Crippen molar-refractivity contribution in [1.82, 2.24) is 19.6 Å². The highest BCUT2D eigenvalue weighted by molar-refractivity contribution is 7.89. The fourth-order valence-electron chi connectivity index (χ4n) is 2.15. The smallest absolute Gasteiger partial charge is 0.243 e. The zero-order valence-corrected chi connectivity index (χ0v) is 13.4. The molecule has 0 unspecified atom stereocenters. The SMILES string of the molecule is CCNc1ncc(S(=O)(=O)NCCN(CC)C2CC2)cn1. The van der Waals surface area contributed by atoms with Crippen LogP contribution >= 0.6 is 0 Å². The second kappa shape index (κ2) is 7.15. The molecule has 0 atom stereocenters. The van der Waals surface area contributed by atoms with Crippen LogP contribution in [0.5, 0.6) is 0 Å². The van der Waals surface area contributed by atoms with Gasteiger partial charge < -0.3 is 5.32 Å². The topological polar surface area (TPSA) is 87.2 Å². The van der Waals surface area contributed by atoms with E-state index in [1.807, 2.05) is 6.92 Å². The van der Waals surface area contributed by atoms with E-state index < -0.39 is 10.0 Å². The number of aromatic nitrogens is 2. The van der Waals surface area contributed by atoms with E-state index in [9.17, 15) is 8.42 Å². The summed E-state index contributed by atoms with van der Waals surface area (Å²) >= 11 is 0. The maximum Gasteiger partial charge on any atom is 0.243 e. The Morgan fingerprint density at radius 2 is 1.95 bits per heavy atom. The van der Waals surface area contributed by atoms with Crippen molar-refractivity contribution in [2.45, 2.75) is 37.6 Å². The van der Waals surface area contributed by atoms with Crippen molar-refractivity contribution < 1.29 is 8.42 Å². The Bertz CT molecular complexity index is 542. The van der Waals surface area contributed by atoms with Gasteiger partial charge >= 0.3 is 0 Å². The van der Waals surface area contributed by atoms with Crippen molar-refractivity contribution in [2.75, 3.05) is 31.5 Å². The van der Waals surface area contributed by atoms with E-state index in [1.54, 1.807) is 0 Å². The predicted molar refractivity (Wildman–Crippen MR) is 81.7 cm³/mol. The lowest BCUT2D eigenvalue weighted by molar-refractivity contribution is 0.282. The van der Waals surface area contributed by atoms with Gasteiger partial charge in [-0.2, -0.15) is 0 Å². The van der Waals surface area contributed by atoms with E-state index in [4.69, 9.17) is 0 Å².